The number of hydrogen-bond donors (Lipinski definition) is 0. The fraction of sp³-hybridized carbons (Fsp3) is 0.238. The molecule has 2 amide bonds. The molecule has 0 aromatic heterocycles. The summed E-state index contributed by atoms with van der Waals surface area (Å²) in [4.78, 5) is 26.6. The van der Waals surface area contributed by atoms with Crippen molar-refractivity contribution in [2.75, 3.05) is 27.4 Å². The van der Waals surface area contributed by atoms with Crippen LogP contribution >= 0.6 is 23.4 Å². The van der Waals surface area contributed by atoms with Gasteiger partial charge in [-0.3, -0.25) is 14.5 Å². The second-order valence-corrected chi connectivity index (χ2v) is 7.58. The Morgan fingerprint density at radius 2 is 1.79 bits per heavy atom. The predicted molar refractivity (Wildman–Crippen MR) is 113 cm³/mol. The number of halogens is 1. The van der Waals surface area contributed by atoms with Crippen molar-refractivity contribution in [3.05, 3.63) is 63.5 Å². The molecular weight excluding hydrogens is 414 g/mol. The fourth-order valence-corrected chi connectivity index (χ4v) is 3.65. The maximum Gasteiger partial charge on any atom is 0.293 e. The van der Waals surface area contributed by atoms with E-state index in [-0.39, 0.29) is 17.7 Å². The number of benzene rings is 2. The van der Waals surface area contributed by atoms with Crippen LogP contribution in [-0.4, -0.2) is 43.5 Å². The molecule has 152 valence electrons. The summed E-state index contributed by atoms with van der Waals surface area (Å²) in [7, 11) is 3.14. The SMILES string of the molecule is COCCOc1ccc(/C=C2\SC(=O)N(Cc3ccc(Cl)cc3)C2=O)cc1OC. The highest BCUT2D eigenvalue weighted by Gasteiger charge is 2.35. The molecule has 0 N–H and O–H groups in total. The number of methoxy groups -OCH3 is 2. The Labute approximate surface area is 178 Å². The van der Waals surface area contributed by atoms with Gasteiger partial charge in [0.05, 0.1) is 25.2 Å². The molecule has 1 aliphatic rings. The van der Waals surface area contributed by atoms with Crippen LogP contribution in [0.5, 0.6) is 11.5 Å². The lowest BCUT2D eigenvalue weighted by atomic mass is 10.1. The molecule has 0 radical (unpaired) electrons. The number of hydrogen-bond acceptors (Lipinski definition) is 6. The van der Waals surface area contributed by atoms with Gasteiger partial charge in [0.15, 0.2) is 11.5 Å². The van der Waals surface area contributed by atoms with E-state index >= 15 is 0 Å². The van der Waals surface area contributed by atoms with Gasteiger partial charge in [-0.1, -0.05) is 29.8 Å². The first-order chi connectivity index (χ1) is 14.0. The Kier molecular flexibility index (Phi) is 7.19. The summed E-state index contributed by atoms with van der Waals surface area (Å²) >= 11 is 6.80. The number of thioether (sulfide) groups is 1. The van der Waals surface area contributed by atoms with E-state index in [4.69, 9.17) is 25.8 Å². The van der Waals surface area contributed by atoms with Gasteiger partial charge in [0, 0.05) is 12.1 Å². The van der Waals surface area contributed by atoms with Crippen molar-refractivity contribution in [2.45, 2.75) is 6.54 Å². The molecular formula is C21H20ClNO5S. The minimum atomic E-state index is -0.325. The van der Waals surface area contributed by atoms with Crippen LogP contribution in [0.4, 0.5) is 4.79 Å². The van der Waals surface area contributed by atoms with Crippen molar-refractivity contribution in [1.29, 1.82) is 0 Å². The van der Waals surface area contributed by atoms with E-state index in [1.165, 1.54) is 4.90 Å². The lowest BCUT2D eigenvalue weighted by molar-refractivity contribution is -0.123. The van der Waals surface area contributed by atoms with Crippen LogP contribution in [0.25, 0.3) is 6.08 Å². The number of ether oxygens (including phenoxy) is 3. The van der Waals surface area contributed by atoms with Crippen molar-refractivity contribution in [1.82, 2.24) is 4.90 Å². The number of carbonyl (C=O) groups excluding carboxylic acids is 2. The van der Waals surface area contributed by atoms with Gasteiger partial charge >= 0.3 is 0 Å². The average Bonchev–Trinajstić information content (AvgIpc) is 2.98. The van der Waals surface area contributed by atoms with Crippen LogP contribution < -0.4 is 9.47 Å². The topological polar surface area (TPSA) is 65.1 Å². The Bertz CT molecular complexity index is 929. The molecule has 29 heavy (non-hydrogen) atoms. The molecule has 3 rings (SSSR count). The third-order valence-corrected chi connectivity index (χ3v) is 5.32. The first kappa shape index (κ1) is 21.2. The Morgan fingerprint density at radius 3 is 2.48 bits per heavy atom. The van der Waals surface area contributed by atoms with Crippen LogP contribution in [0.1, 0.15) is 11.1 Å². The van der Waals surface area contributed by atoms with Crippen molar-refractivity contribution < 1.29 is 23.8 Å². The molecule has 2 aromatic carbocycles. The van der Waals surface area contributed by atoms with Crippen molar-refractivity contribution in [3.8, 4) is 11.5 Å². The highest BCUT2D eigenvalue weighted by Crippen LogP contribution is 2.35. The zero-order chi connectivity index (χ0) is 20.8. The maximum absolute atomic E-state index is 12.7. The average molecular weight is 434 g/mol. The predicted octanol–water partition coefficient (Wildman–Crippen LogP) is 4.61. The van der Waals surface area contributed by atoms with Crippen LogP contribution in [0.2, 0.25) is 5.02 Å². The van der Waals surface area contributed by atoms with Crippen molar-refractivity contribution >= 4 is 40.6 Å². The standard InChI is InChI=1S/C21H20ClNO5S/c1-26-9-10-28-17-8-5-15(11-18(17)27-2)12-19-20(24)23(21(25)29-19)13-14-3-6-16(22)7-4-14/h3-8,11-12H,9-10,13H2,1-2H3/b19-12-. The number of nitrogens with zero attached hydrogens (tertiary/aromatic N) is 1. The molecule has 0 atom stereocenters. The molecule has 0 spiro atoms. The molecule has 1 heterocycles. The van der Waals surface area contributed by atoms with Gasteiger partial charge < -0.3 is 14.2 Å². The van der Waals surface area contributed by atoms with E-state index in [2.05, 4.69) is 0 Å². The van der Waals surface area contributed by atoms with Crippen molar-refractivity contribution in [3.63, 3.8) is 0 Å². The van der Waals surface area contributed by atoms with E-state index in [9.17, 15) is 9.59 Å². The number of rotatable bonds is 8. The third-order valence-electron chi connectivity index (χ3n) is 4.16. The minimum absolute atomic E-state index is 0.203. The molecule has 6 nitrogen and oxygen atoms in total. The quantitative estimate of drug-likeness (QED) is 0.447. The maximum atomic E-state index is 12.7. The van der Waals surface area contributed by atoms with E-state index in [1.807, 2.05) is 0 Å². The molecule has 0 aliphatic carbocycles. The number of imide groups is 1. The van der Waals surface area contributed by atoms with Crippen molar-refractivity contribution in [2.24, 2.45) is 0 Å². The highest BCUT2D eigenvalue weighted by molar-refractivity contribution is 8.18. The van der Waals surface area contributed by atoms with Gasteiger partial charge in [0.1, 0.15) is 6.61 Å². The fourth-order valence-electron chi connectivity index (χ4n) is 2.69. The summed E-state index contributed by atoms with van der Waals surface area (Å²) < 4.78 is 15.9. The van der Waals surface area contributed by atoms with E-state index in [1.54, 1.807) is 62.8 Å². The molecule has 1 fully saturated rings. The Hall–Kier alpha value is -2.48. The zero-order valence-electron chi connectivity index (χ0n) is 16.0. The summed E-state index contributed by atoms with van der Waals surface area (Å²) in [6.45, 7) is 1.07. The first-order valence-electron chi connectivity index (χ1n) is 8.81. The zero-order valence-corrected chi connectivity index (χ0v) is 17.6. The highest BCUT2D eigenvalue weighted by atomic mass is 35.5. The number of carbonyl (C=O) groups is 2. The second-order valence-electron chi connectivity index (χ2n) is 6.15. The lowest BCUT2D eigenvalue weighted by Crippen LogP contribution is -2.27. The Morgan fingerprint density at radius 1 is 1.03 bits per heavy atom. The van der Waals surface area contributed by atoms with Crippen LogP contribution in [0.3, 0.4) is 0 Å². The molecule has 1 aliphatic heterocycles. The van der Waals surface area contributed by atoms with Crippen LogP contribution in [-0.2, 0) is 16.1 Å². The Balaban J connectivity index is 1.75. The lowest BCUT2D eigenvalue weighted by Gasteiger charge is -2.12. The smallest absolute Gasteiger partial charge is 0.293 e. The second kappa shape index (κ2) is 9.82. The monoisotopic (exact) mass is 433 g/mol. The van der Waals surface area contributed by atoms with E-state index < -0.39 is 0 Å². The van der Waals surface area contributed by atoms with E-state index in [0.29, 0.717) is 34.6 Å². The molecule has 8 heteroatoms. The molecule has 2 aromatic rings. The normalized spacial score (nSPS) is 15.3. The first-order valence-corrected chi connectivity index (χ1v) is 10.0. The van der Waals surface area contributed by atoms with E-state index in [0.717, 1.165) is 22.9 Å². The largest absolute Gasteiger partial charge is 0.493 e. The molecule has 1 saturated heterocycles. The van der Waals surface area contributed by atoms with Gasteiger partial charge in [-0.05, 0) is 53.2 Å². The van der Waals surface area contributed by atoms with Crippen LogP contribution in [0.15, 0.2) is 47.4 Å². The third kappa shape index (κ3) is 5.32. The number of amides is 2. The van der Waals surface area contributed by atoms with Gasteiger partial charge in [-0.25, -0.2) is 0 Å². The van der Waals surface area contributed by atoms with Crippen LogP contribution in [0, 0.1) is 0 Å². The summed E-state index contributed by atoms with van der Waals surface area (Å²) in [6.07, 6.45) is 1.67. The summed E-state index contributed by atoms with van der Waals surface area (Å²) in [6, 6.07) is 12.4. The van der Waals surface area contributed by atoms with Gasteiger partial charge in [0.2, 0.25) is 0 Å². The summed E-state index contributed by atoms with van der Waals surface area (Å²) in [5.41, 5.74) is 1.56. The minimum Gasteiger partial charge on any atom is -0.493 e. The summed E-state index contributed by atoms with van der Waals surface area (Å²) in [5, 5.41) is 0.300. The van der Waals surface area contributed by atoms with Gasteiger partial charge in [-0.15, -0.1) is 0 Å². The molecule has 0 saturated carbocycles. The van der Waals surface area contributed by atoms with Gasteiger partial charge in [-0.2, -0.15) is 0 Å². The van der Waals surface area contributed by atoms with Gasteiger partial charge in [0.25, 0.3) is 11.1 Å². The molecule has 0 unspecified atom stereocenters. The summed E-state index contributed by atoms with van der Waals surface area (Å²) in [5.74, 6) is 0.794. The molecule has 0 bridgehead atoms.